The normalized spacial score (nSPS) is 15.8. The summed E-state index contributed by atoms with van der Waals surface area (Å²) >= 11 is 0. The molecule has 7 heteroatoms. The largest absolute Gasteiger partial charge is 0.357 e. The van der Waals surface area contributed by atoms with Gasteiger partial charge in [0.25, 0.3) is 0 Å². The molecule has 0 spiro atoms. The first-order valence-electron chi connectivity index (χ1n) is 7.36. The van der Waals surface area contributed by atoms with Crippen LogP contribution in [0.4, 0.5) is 25.0 Å². The summed E-state index contributed by atoms with van der Waals surface area (Å²) in [5.41, 5.74) is 0.818. The van der Waals surface area contributed by atoms with E-state index in [4.69, 9.17) is 0 Å². The third-order valence-electron chi connectivity index (χ3n) is 3.94. The van der Waals surface area contributed by atoms with Gasteiger partial charge in [-0.1, -0.05) is 24.3 Å². The molecule has 0 unspecified atom stereocenters. The van der Waals surface area contributed by atoms with Gasteiger partial charge in [-0.15, -0.1) is 0 Å². The van der Waals surface area contributed by atoms with Crippen molar-refractivity contribution in [2.45, 2.75) is 12.5 Å². The molecule has 24 heavy (non-hydrogen) atoms. The summed E-state index contributed by atoms with van der Waals surface area (Å²) < 4.78 is 27.5. The number of nitrogens with one attached hydrogen (secondary N) is 2. The van der Waals surface area contributed by atoms with Gasteiger partial charge >= 0.3 is 6.03 Å². The molecule has 0 saturated carbocycles. The number of carbonyl (C=O) groups is 2. The van der Waals surface area contributed by atoms with Crippen molar-refractivity contribution in [3.63, 3.8) is 0 Å². The van der Waals surface area contributed by atoms with Crippen LogP contribution in [-0.2, 0) is 11.2 Å². The van der Waals surface area contributed by atoms with E-state index in [0.29, 0.717) is 12.1 Å². The number of amides is 3. The Labute approximate surface area is 137 Å². The molecular weight excluding hydrogens is 316 g/mol. The molecule has 1 atom stereocenters. The second-order valence-corrected chi connectivity index (χ2v) is 5.36. The van der Waals surface area contributed by atoms with Crippen LogP contribution < -0.4 is 15.5 Å². The maximum Gasteiger partial charge on any atom is 0.327 e. The van der Waals surface area contributed by atoms with Crippen molar-refractivity contribution >= 4 is 23.3 Å². The maximum absolute atomic E-state index is 13.8. The minimum absolute atomic E-state index is 0.336. The number of urea groups is 1. The van der Waals surface area contributed by atoms with Gasteiger partial charge in [0.05, 0.1) is 0 Å². The number of para-hydroxylation sites is 2. The lowest BCUT2D eigenvalue weighted by Gasteiger charge is -2.24. The van der Waals surface area contributed by atoms with Gasteiger partial charge in [0, 0.05) is 19.2 Å². The van der Waals surface area contributed by atoms with Gasteiger partial charge in [-0.3, -0.25) is 9.69 Å². The molecule has 0 aromatic heterocycles. The van der Waals surface area contributed by atoms with E-state index in [9.17, 15) is 18.4 Å². The Bertz CT molecular complexity index is 790. The minimum atomic E-state index is -0.882. The average molecular weight is 331 g/mol. The Hall–Kier alpha value is -2.96. The number of anilines is 2. The first kappa shape index (κ1) is 15.9. The van der Waals surface area contributed by atoms with Crippen LogP contribution in [0.3, 0.4) is 0 Å². The molecular formula is C17H15F2N3O2. The number of hydrogen-bond donors (Lipinski definition) is 2. The number of fused-ring (bicyclic) bond motifs is 1. The van der Waals surface area contributed by atoms with E-state index in [2.05, 4.69) is 10.6 Å². The quantitative estimate of drug-likeness (QED) is 0.889. The molecule has 2 N–H and O–H groups in total. The van der Waals surface area contributed by atoms with Crippen molar-refractivity contribution in [3.8, 4) is 0 Å². The van der Waals surface area contributed by atoms with E-state index >= 15 is 0 Å². The smallest absolute Gasteiger partial charge is 0.327 e. The number of hydrogen-bond acceptors (Lipinski definition) is 2. The standard InChI is InChI=1S/C17H15F2N3O2/c1-20-16(23)14-9-10-5-2-3-8-13(10)22(14)17(24)21-15-11(18)6-4-7-12(15)19/h2-8,14H,9H2,1H3,(H,20,23)(H,21,24)/t14-/m0/s1. The molecule has 2 aromatic carbocycles. The van der Waals surface area contributed by atoms with E-state index < -0.39 is 29.4 Å². The van der Waals surface area contributed by atoms with Gasteiger partial charge in [0.15, 0.2) is 0 Å². The summed E-state index contributed by atoms with van der Waals surface area (Å²) in [7, 11) is 1.47. The molecule has 1 aliphatic heterocycles. The lowest BCUT2D eigenvalue weighted by Crippen LogP contribution is -2.48. The maximum atomic E-state index is 13.8. The van der Waals surface area contributed by atoms with Crippen molar-refractivity contribution in [3.05, 3.63) is 59.7 Å². The fraction of sp³-hybridized carbons (Fsp3) is 0.176. The lowest BCUT2D eigenvalue weighted by molar-refractivity contribution is -0.121. The lowest BCUT2D eigenvalue weighted by atomic mass is 10.1. The highest BCUT2D eigenvalue weighted by Crippen LogP contribution is 2.33. The molecule has 0 aliphatic carbocycles. The van der Waals surface area contributed by atoms with Gasteiger partial charge in [0.1, 0.15) is 23.4 Å². The average Bonchev–Trinajstić information content (AvgIpc) is 2.97. The van der Waals surface area contributed by atoms with Crippen LogP contribution in [0.15, 0.2) is 42.5 Å². The van der Waals surface area contributed by atoms with Crippen molar-refractivity contribution in [2.24, 2.45) is 0 Å². The van der Waals surface area contributed by atoms with Gasteiger partial charge in [-0.2, -0.15) is 0 Å². The summed E-state index contributed by atoms with van der Waals surface area (Å²) in [6.45, 7) is 0. The van der Waals surface area contributed by atoms with Gasteiger partial charge in [-0.05, 0) is 23.8 Å². The number of benzene rings is 2. The Kier molecular flexibility index (Phi) is 4.16. The highest BCUT2D eigenvalue weighted by molar-refractivity contribution is 6.08. The molecule has 0 radical (unpaired) electrons. The summed E-state index contributed by atoms with van der Waals surface area (Å²) in [6, 6.07) is 8.79. The highest BCUT2D eigenvalue weighted by atomic mass is 19.1. The van der Waals surface area contributed by atoms with Crippen LogP contribution in [0.25, 0.3) is 0 Å². The fourth-order valence-electron chi connectivity index (χ4n) is 2.80. The van der Waals surface area contributed by atoms with E-state index in [1.165, 1.54) is 18.0 Å². The first-order valence-corrected chi connectivity index (χ1v) is 7.36. The zero-order chi connectivity index (χ0) is 17.3. The van der Waals surface area contributed by atoms with Crippen LogP contribution >= 0.6 is 0 Å². The summed E-state index contributed by atoms with van der Waals surface area (Å²) in [4.78, 5) is 25.9. The molecule has 5 nitrogen and oxygen atoms in total. The predicted octanol–water partition coefficient (Wildman–Crippen LogP) is 2.67. The molecule has 1 aliphatic rings. The molecule has 3 rings (SSSR count). The Morgan fingerprint density at radius 2 is 1.75 bits per heavy atom. The number of likely N-dealkylation sites (N-methyl/N-ethyl adjacent to an activating group) is 1. The molecule has 0 fully saturated rings. The second kappa shape index (κ2) is 6.27. The van der Waals surface area contributed by atoms with Gasteiger partial charge in [-0.25, -0.2) is 13.6 Å². The molecule has 2 aromatic rings. The minimum Gasteiger partial charge on any atom is -0.357 e. The Morgan fingerprint density at radius 1 is 1.08 bits per heavy atom. The van der Waals surface area contributed by atoms with Crippen molar-refractivity contribution < 1.29 is 18.4 Å². The third-order valence-corrected chi connectivity index (χ3v) is 3.94. The van der Waals surface area contributed by atoms with Crippen LogP contribution in [0.5, 0.6) is 0 Å². The van der Waals surface area contributed by atoms with Crippen molar-refractivity contribution in [1.82, 2.24) is 5.32 Å². The Morgan fingerprint density at radius 3 is 2.42 bits per heavy atom. The third kappa shape index (κ3) is 2.68. The number of carbonyl (C=O) groups excluding carboxylic acids is 2. The van der Waals surface area contributed by atoms with Crippen LogP contribution in [-0.4, -0.2) is 25.0 Å². The highest BCUT2D eigenvalue weighted by Gasteiger charge is 2.38. The van der Waals surface area contributed by atoms with Gasteiger partial charge in [0.2, 0.25) is 5.91 Å². The molecule has 1 heterocycles. The van der Waals surface area contributed by atoms with E-state index in [-0.39, 0.29) is 5.91 Å². The zero-order valence-electron chi connectivity index (χ0n) is 12.8. The van der Waals surface area contributed by atoms with E-state index in [1.807, 2.05) is 6.07 Å². The zero-order valence-corrected chi connectivity index (χ0v) is 12.8. The SMILES string of the molecule is CNC(=O)[C@@H]1Cc2ccccc2N1C(=O)Nc1c(F)cccc1F. The van der Waals surface area contributed by atoms with Crippen LogP contribution in [0, 0.1) is 11.6 Å². The van der Waals surface area contributed by atoms with E-state index in [0.717, 1.165) is 17.7 Å². The topological polar surface area (TPSA) is 61.4 Å². The van der Waals surface area contributed by atoms with Gasteiger partial charge < -0.3 is 10.6 Å². The molecule has 3 amide bonds. The predicted molar refractivity (Wildman–Crippen MR) is 85.9 cm³/mol. The second-order valence-electron chi connectivity index (χ2n) is 5.36. The number of nitrogens with zero attached hydrogens (tertiary/aromatic N) is 1. The van der Waals surface area contributed by atoms with Crippen LogP contribution in [0.1, 0.15) is 5.56 Å². The molecule has 0 bridgehead atoms. The summed E-state index contributed by atoms with van der Waals surface area (Å²) in [5.74, 6) is -2.12. The number of rotatable bonds is 2. The summed E-state index contributed by atoms with van der Waals surface area (Å²) in [6.07, 6.45) is 0.336. The summed E-state index contributed by atoms with van der Waals surface area (Å²) in [5, 5.41) is 4.73. The monoisotopic (exact) mass is 331 g/mol. The van der Waals surface area contributed by atoms with Crippen LogP contribution in [0.2, 0.25) is 0 Å². The molecule has 124 valence electrons. The van der Waals surface area contributed by atoms with Crippen molar-refractivity contribution in [2.75, 3.05) is 17.3 Å². The molecule has 0 saturated heterocycles. The van der Waals surface area contributed by atoms with Crippen molar-refractivity contribution in [1.29, 1.82) is 0 Å². The first-order chi connectivity index (χ1) is 11.5. The number of halogens is 2. The fourth-order valence-corrected chi connectivity index (χ4v) is 2.80. The Balaban J connectivity index is 1.95. The van der Waals surface area contributed by atoms with E-state index in [1.54, 1.807) is 18.2 Å².